The molecule has 0 rings (SSSR count). The number of hydrogen-bond donors (Lipinski definition) is 0. The molecule has 80 valence electrons. The Morgan fingerprint density at radius 3 is 1.62 bits per heavy atom. The SMILES string of the molecule is CC(C)N([SiH](Cl)N(C)C)[Si](C)(C)C. The van der Waals surface area contributed by atoms with Gasteiger partial charge >= 0.3 is 0 Å². The van der Waals surface area contributed by atoms with E-state index in [1.54, 1.807) is 0 Å². The minimum absolute atomic E-state index is 0.572. The maximum Gasteiger partial charge on any atom is 0.284 e. The molecule has 0 aromatic rings. The average molecular weight is 239 g/mol. The van der Waals surface area contributed by atoms with Crippen molar-refractivity contribution < 1.29 is 0 Å². The summed E-state index contributed by atoms with van der Waals surface area (Å²) in [6, 6.07) is 0.572. The van der Waals surface area contributed by atoms with Crippen LogP contribution in [-0.4, -0.2) is 45.6 Å². The van der Waals surface area contributed by atoms with Crippen LogP contribution in [0.3, 0.4) is 0 Å². The molecule has 0 aliphatic heterocycles. The number of hydrogen-bond acceptors (Lipinski definition) is 2. The second-order valence-electron chi connectivity index (χ2n) is 4.95. The van der Waals surface area contributed by atoms with Crippen molar-refractivity contribution in [1.82, 2.24) is 8.80 Å². The second kappa shape index (κ2) is 4.93. The summed E-state index contributed by atoms with van der Waals surface area (Å²) >= 11 is 6.49. The molecule has 0 saturated carbocycles. The highest BCUT2D eigenvalue weighted by Crippen LogP contribution is 2.18. The van der Waals surface area contributed by atoms with Crippen LogP contribution in [0.25, 0.3) is 0 Å². The van der Waals surface area contributed by atoms with Gasteiger partial charge in [-0.1, -0.05) is 33.5 Å². The monoisotopic (exact) mass is 238 g/mol. The molecule has 0 bridgehead atoms. The molecule has 0 N–H and O–H groups in total. The Balaban J connectivity index is 4.62. The van der Waals surface area contributed by atoms with Gasteiger partial charge in [0, 0.05) is 0 Å². The lowest BCUT2D eigenvalue weighted by Gasteiger charge is -2.42. The van der Waals surface area contributed by atoms with E-state index in [1.807, 2.05) is 0 Å². The highest BCUT2D eigenvalue weighted by atomic mass is 35.6. The highest BCUT2D eigenvalue weighted by Gasteiger charge is 2.33. The third kappa shape index (κ3) is 4.12. The van der Waals surface area contributed by atoms with Crippen LogP contribution in [0.15, 0.2) is 0 Å². The fourth-order valence-corrected chi connectivity index (χ4v) is 10.7. The maximum atomic E-state index is 6.49. The van der Waals surface area contributed by atoms with Gasteiger partial charge in [0.2, 0.25) is 0 Å². The van der Waals surface area contributed by atoms with Crippen LogP contribution in [-0.2, 0) is 0 Å². The van der Waals surface area contributed by atoms with Crippen molar-refractivity contribution in [2.75, 3.05) is 14.1 Å². The molecule has 0 aromatic heterocycles. The predicted octanol–water partition coefficient (Wildman–Crippen LogP) is 2.05. The Morgan fingerprint density at radius 2 is 1.54 bits per heavy atom. The van der Waals surface area contributed by atoms with Crippen LogP contribution < -0.4 is 0 Å². The third-order valence-electron chi connectivity index (χ3n) is 1.99. The molecule has 13 heavy (non-hydrogen) atoms. The molecule has 0 aliphatic carbocycles. The minimum atomic E-state index is -1.37. The van der Waals surface area contributed by atoms with Crippen LogP contribution in [0, 0.1) is 0 Å². The summed E-state index contributed by atoms with van der Waals surface area (Å²) in [6.07, 6.45) is 0. The van der Waals surface area contributed by atoms with E-state index in [9.17, 15) is 0 Å². The molecule has 0 saturated heterocycles. The van der Waals surface area contributed by atoms with Gasteiger partial charge in [-0.15, -0.1) is 11.1 Å². The zero-order valence-electron chi connectivity index (χ0n) is 9.93. The first-order valence-corrected chi connectivity index (χ1v) is 11.0. The Kier molecular flexibility index (Phi) is 5.18. The van der Waals surface area contributed by atoms with E-state index in [0.29, 0.717) is 6.04 Å². The first-order valence-electron chi connectivity index (χ1n) is 4.77. The number of rotatable bonds is 4. The zero-order valence-corrected chi connectivity index (χ0v) is 12.8. The van der Waals surface area contributed by atoms with Gasteiger partial charge in [-0.05, 0) is 20.1 Å². The minimum Gasteiger partial charge on any atom is -0.322 e. The van der Waals surface area contributed by atoms with Crippen LogP contribution in [0.1, 0.15) is 13.8 Å². The molecule has 1 atom stereocenters. The Bertz CT molecular complexity index is 157. The first-order chi connectivity index (χ1) is 5.68. The van der Waals surface area contributed by atoms with E-state index in [-0.39, 0.29) is 0 Å². The van der Waals surface area contributed by atoms with Gasteiger partial charge in [-0.3, -0.25) is 0 Å². The van der Waals surface area contributed by atoms with E-state index in [1.165, 1.54) is 0 Å². The smallest absolute Gasteiger partial charge is 0.284 e. The zero-order chi connectivity index (χ0) is 10.8. The van der Waals surface area contributed by atoms with Crippen LogP contribution in [0.2, 0.25) is 19.6 Å². The van der Waals surface area contributed by atoms with Gasteiger partial charge in [0.1, 0.15) is 8.24 Å². The van der Waals surface area contributed by atoms with Gasteiger partial charge in [-0.2, -0.15) is 0 Å². The van der Waals surface area contributed by atoms with Crippen LogP contribution in [0.5, 0.6) is 0 Å². The lowest BCUT2D eigenvalue weighted by molar-refractivity contribution is 0.473. The molecule has 0 fully saturated rings. The molecule has 0 radical (unpaired) electrons. The summed E-state index contributed by atoms with van der Waals surface area (Å²) in [5, 5.41) is 0. The van der Waals surface area contributed by atoms with Gasteiger partial charge in [0.05, 0.1) is 0 Å². The molecule has 0 spiro atoms. The van der Waals surface area contributed by atoms with Crippen LogP contribution >= 0.6 is 11.1 Å². The van der Waals surface area contributed by atoms with E-state index in [2.05, 4.69) is 56.4 Å². The quantitative estimate of drug-likeness (QED) is 0.547. The van der Waals surface area contributed by atoms with Gasteiger partial charge in [0.15, 0.2) is 0 Å². The van der Waals surface area contributed by atoms with Crippen molar-refractivity contribution in [3.05, 3.63) is 0 Å². The van der Waals surface area contributed by atoms with E-state index < -0.39 is 16.7 Å². The number of halogens is 1. The molecule has 0 heterocycles. The van der Waals surface area contributed by atoms with Crippen LogP contribution in [0.4, 0.5) is 0 Å². The fourth-order valence-electron chi connectivity index (χ4n) is 1.59. The summed E-state index contributed by atoms with van der Waals surface area (Å²) in [4.78, 5) is 0. The van der Waals surface area contributed by atoms with Crippen molar-refractivity contribution in [1.29, 1.82) is 0 Å². The van der Waals surface area contributed by atoms with Crippen molar-refractivity contribution in [2.45, 2.75) is 39.5 Å². The summed E-state index contributed by atoms with van der Waals surface area (Å²) in [7, 11) is 1.54. The summed E-state index contributed by atoms with van der Waals surface area (Å²) in [5.74, 6) is 0. The molecule has 0 aromatic carbocycles. The Labute approximate surface area is 90.4 Å². The molecular formula is C8H23ClN2Si2. The summed E-state index contributed by atoms with van der Waals surface area (Å²) in [5.41, 5.74) is 0. The highest BCUT2D eigenvalue weighted by molar-refractivity contribution is 7.08. The fraction of sp³-hybridized carbons (Fsp3) is 1.00. The van der Waals surface area contributed by atoms with Gasteiger partial charge in [-0.25, -0.2) is 0 Å². The van der Waals surface area contributed by atoms with E-state index >= 15 is 0 Å². The van der Waals surface area contributed by atoms with E-state index in [4.69, 9.17) is 11.1 Å². The average Bonchev–Trinajstić information content (AvgIpc) is 1.82. The van der Waals surface area contributed by atoms with Crippen molar-refractivity contribution in [3.8, 4) is 0 Å². The van der Waals surface area contributed by atoms with E-state index in [0.717, 1.165) is 0 Å². The largest absolute Gasteiger partial charge is 0.322 e. The molecular weight excluding hydrogens is 216 g/mol. The normalized spacial score (nSPS) is 15.9. The molecule has 2 nitrogen and oxygen atoms in total. The van der Waals surface area contributed by atoms with Crippen molar-refractivity contribution in [2.24, 2.45) is 0 Å². The topological polar surface area (TPSA) is 6.48 Å². The lowest BCUT2D eigenvalue weighted by atomic mass is 10.4. The summed E-state index contributed by atoms with van der Waals surface area (Å²) < 4.78 is 4.76. The predicted molar refractivity (Wildman–Crippen MR) is 67.0 cm³/mol. The third-order valence-corrected chi connectivity index (χ3v) is 11.3. The maximum absolute atomic E-state index is 6.49. The van der Waals surface area contributed by atoms with Gasteiger partial charge in [0.25, 0.3) is 8.43 Å². The Hall–Kier alpha value is 0.644. The lowest BCUT2D eigenvalue weighted by Crippen LogP contribution is -2.60. The molecule has 1 unspecified atom stereocenters. The second-order valence-corrected chi connectivity index (χ2v) is 13.7. The Morgan fingerprint density at radius 1 is 1.15 bits per heavy atom. The summed E-state index contributed by atoms with van der Waals surface area (Å²) in [6.45, 7) is 11.6. The van der Waals surface area contributed by atoms with Crippen molar-refractivity contribution in [3.63, 3.8) is 0 Å². The molecule has 0 amide bonds. The molecule has 5 heteroatoms. The van der Waals surface area contributed by atoms with Gasteiger partial charge < -0.3 is 8.80 Å². The first kappa shape index (κ1) is 13.6. The van der Waals surface area contributed by atoms with Crippen molar-refractivity contribution >= 4 is 27.7 Å². The number of nitrogens with zero attached hydrogens (tertiary/aromatic N) is 2. The standard InChI is InChI=1S/C8H23ClN2Si2/c1-8(2)11(13(5,6)7)12(9)10(3)4/h8,12H,1-7H3. The molecule has 0 aliphatic rings.